The lowest BCUT2D eigenvalue weighted by atomic mass is 9.86. The molecule has 2 aromatic rings. The van der Waals surface area contributed by atoms with Gasteiger partial charge in [0.05, 0.1) is 12.6 Å². The first-order valence-electron chi connectivity index (χ1n) is 9.82. The van der Waals surface area contributed by atoms with Crippen LogP contribution in [0.1, 0.15) is 56.2 Å². The van der Waals surface area contributed by atoms with Gasteiger partial charge >= 0.3 is 6.18 Å². The van der Waals surface area contributed by atoms with E-state index >= 15 is 0 Å². The largest absolute Gasteiger partial charge is 0.435 e. The average Bonchev–Trinajstić information content (AvgIpc) is 3.04. The first-order valence-corrected chi connectivity index (χ1v) is 9.82. The van der Waals surface area contributed by atoms with Gasteiger partial charge in [-0.25, -0.2) is 4.99 Å². The molecule has 1 heterocycles. The molecule has 1 aromatic carbocycles. The van der Waals surface area contributed by atoms with Crippen molar-refractivity contribution < 1.29 is 18.3 Å². The van der Waals surface area contributed by atoms with Gasteiger partial charge < -0.3 is 15.7 Å². The zero-order valence-electron chi connectivity index (χ0n) is 18.4. The van der Waals surface area contributed by atoms with E-state index in [1.165, 1.54) is 18.8 Å². The topological polar surface area (TPSA) is 74.5 Å². The minimum absolute atomic E-state index is 0. The number of aliphatic hydroxyl groups is 1. The zero-order chi connectivity index (χ0) is 22.5. The van der Waals surface area contributed by atoms with Crippen LogP contribution in [0.25, 0.3) is 0 Å². The molecule has 0 aliphatic rings. The Morgan fingerprint density at radius 1 is 1.16 bits per heavy atom. The fraction of sp³-hybridized carbons (Fsp3) is 0.524. The first kappa shape index (κ1) is 27.2. The zero-order valence-corrected chi connectivity index (χ0v) is 20.7. The van der Waals surface area contributed by atoms with E-state index < -0.39 is 18.0 Å². The van der Waals surface area contributed by atoms with Crippen molar-refractivity contribution in [3.63, 3.8) is 0 Å². The Morgan fingerprint density at radius 2 is 1.77 bits per heavy atom. The van der Waals surface area contributed by atoms with Crippen molar-refractivity contribution in [3.05, 3.63) is 52.8 Å². The van der Waals surface area contributed by atoms with E-state index in [0.717, 1.165) is 10.2 Å². The van der Waals surface area contributed by atoms with Gasteiger partial charge in [0.1, 0.15) is 0 Å². The third kappa shape index (κ3) is 7.99. The molecule has 0 amide bonds. The summed E-state index contributed by atoms with van der Waals surface area (Å²) in [5.41, 5.74) is 0.981. The van der Waals surface area contributed by atoms with Crippen molar-refractivity contribution in [1.29, 1.82) is 0 Å². The number of nitrogens with one attached hydrogen (secondary N) is 2. The van der Waals surface area contributed by atoms with E-state index in [9.17, 15) is 18.3 Å². The van der Waals surface area contributed by atoms with Gasteiger partial charge in [0, 0.05) is 31.9 Å². The summed E-state index contributed by atoms with van der Waals surface area (Å²) in [5.74, 6) is 0.319. The summed E-state index contributed by atoms with van der Waals surface area (Å²) in [7, 11) is 1.44. The van der Waals surface area contributed by atoms with E-state index in [4.69, 9.17) is 0 Å². The normalized spacial score (nSPS) is 13.5. The van der Waals surface area contributed by atoms with Gasteiger partial charge in [-0.15, -0.1) is 24.0 Å². The van der Waals surface area contributed by atoms with Crippen LogP contribution in [0.15, 0.2) is 35.5 Å². The summed E-state index contributed by atoms with van der Waals surface area (Å²) in [5, 5.41) is 19.9. The molecule has 0 saturated carbocycles. The molecule has 0 saturated heterocycles. The van der Waals surface area contributed by atoms with Crippen molar-refractivity contribution in [3.8, 4) is 0 Å². The van der Waals surface area contributed by atoms with Crippen LogP contribution >= 0.6 is 24.0 Å². The van der Waals surface area contributed by atoms with Gasteiger partial charge in [-0.1, -0.05) is 45.0 Å². The van der Waals surface area contributed by atoms with Crippen LogP contribution in [0.4, 0.5) is 13.2 Å². The van der Waals surface area contributed by atoms with Crippen LogP contribution in [0, 0.1) is 0 Å². The predicted molar refractivity (Wildman–Crippen MR) is 127 cm³/mol. The molecule has 1 unspecified atom stereocenters. The van der Waals surface area contributed by atoms with Crippen molar-refractivity contribution in [1.82, 2.24) is 20.4 Å². The van der Waals surface area contributed by atoms with E-state index in [2.05, 4.69) is 41.5 Å². The number of guanidine groups is 1. The Balaban J connectivity index is 0.00000480. The molecule has 174 valence electrons. The van der Waals surface area contributed by atoms with Crippen LogP contribution in [0.2, 0.25) is 0 Å². The fourth-order valence-electron chi connectivity index (χ4n) is 2.91. The van der Waals surface area contributed by atoms with Crippen LogP contribution < -0.4 is 10.6 Å². The molecular weight excluding hydrogens is 522 g/mol. The molecule has 0 bridgehead atoms. The highest BCUT2D eigenvalue weighted by Crippen LogP contribution is 2.30. The number of nitrogens with zero attached hydrogens (tertiary/aromatic N) is 3. The minimum atomic E-state index is -4.53. The second kappa shape index (κ2) is 11.2. The molecule has 0 aliphatic heterocycles. The first-order chi connectivity index (χ1) is 13.9. The summed E-state index contributed by atoms with van der Waals surface area (Å²) < 4.78 is 40.4. The van der Waals surface area contributed by atoms with E-state index in [-0.39, 0.29) is 48.0 Å². The van der Waals surface area contributed by atoms with Crippen LogP contribution in [0.5, 0.6) is 0 Å². The number of hydrogen-bond acceptors (Lipinski definition) is 3. The molecule has 6 nitrogen and oxygen atoms in total. The summed E-state index contributed by atoms with van der Waals surface area (Å²) in [6.45, 7) is 8.71. The number of rotatable bonds is 6. The molecule has 0 fully saturated rings. The Hall–Kier alpha value is -1.82. The highest BCUT2D eigenvalue weighted by atomic mass is 127. The molecule has 0 aliphatic carbocycles. The summed E-state index contributed by atoms with van der Waals surface area (Å²) in [4.78, 5) is 4.21. The SMILES string of the molecule is CCNC(=NCc1cn(C)nc1C(F)(F)F)NCC(O)c1ccc(C(C)(C)C)cc1.I. The number of aliphatic imine (C=N–C) groups is 1. The number of halogens is 4. The highest BCUT2D eigenvalue weighted by Gasteiger charge is 2.36. The third-order valence-electron chi connectivity index (χ3n) is 4.55. The molecule has 1 aromatic heterocycles. The fourth-order valence-corrected chi connectivity index (χ4v) is 2.91. The summed E-state index contributed by atoms with van der Waals surface area (Å²) >= 11 is 0. The van der Waals surface area contributed by atoms with Gasteiger partial charge in [-0.05, 0) is 23.5 Å². The van der Waals surface area contributed by atoms with Gasteiger partial charge in [0.25, 0.3) is 0 Å². The van der Waals surface area contributed by atoms with Crippen molar-refractivity contribution in [2.45, 2.75) is 51.9 Å². The van der Waals surface area contributed by atoms with Gasteiger partial charge in [-0.3, -0.25) is 4.68 Å². The molecule has 2 rings (SSSR count). The standard InChI is InChI=1S/C21H30F3N5O.HI/c1-6-25-19(26-11-15-13-29(5)28-18(15)21(22,23)24)27-12-17(30)14-7-9-16(10-8-14)20(2,3)4;/h7-10,13,17,30H,6,11-12H2,1-5H3,(H2,25,26,27);1H. The highest BCUT2D eigenvalue weighted by molar-refractivity contribution is 14.0. The predicted octanol–water partition coefficient (Wildman–Crippen LogP) is 4.14. The van der Waals surface area contributed by atoms with Gasteiger partial charge in [-0.2, -0.15) is 18.3 Å². The third-order valence-corrected chi connectivity index (χ3v) is 4.55. The van der Waals surface area contributed by atoms with Crippen LogP contribution in [0.3, 0.4) is 0 Å². The maximum Gasteiger partial charge on any atom is 0.435 e. The summed E-state index contributed by atoms with van der Waals surface area (Å²) in [6, 6.07) is 7.72. The Morgan fingerprint density at radius 3 is 2.29 bits per heavy atom. The average molecular weight is 553 g/mol. The Kier molecular flexibility index (Phi) is 9.80. The molecule has 0 spiro atoms. The maximum atomic E-state index is 13.1. The van der Waals surface area contributed by atoms with Crippen molar-refractivity contribution in [2.24, 2.45) is 12.0 Å². The number of aromatic nitrogens is 2. The Bertz CT molecular complexity index is 857. The molecule has 3 N–H and O–H groups in total. The lowest BCUT2D eigenvalue weighted by molar-refractivity contribution is -0.142. The minimum Gasteiger partial charge on any atom is -0.387 e. The summed E-state index contributed by atoms with van der Waals surface area (Å²) in [6.07, 6.45) is -4.01. The van der Waals surface area contributed by atoms with E-state index in [1.54, 1.807) is 0 Å². The van der Waals surface area contributed by atoms with Crippen molar-refractivity contribution >= 4 is 29.9 Å². The van der Waals surface area contributed by atoms with Crippen LogP contribution in [-0.4, -0.2) is 33.9 Å². The lowest BCUT2D eigenvalue weighted by Gasteiger charge is -2.20. The second-order valence-electron chi connectivity index (χ2n) is 8.14. The molecular formula is C21H31F3IN5O. The number of aryl methyl sites for hydroxylation is 1. The number of hydrogen-bond donors (Lipinski definition) is 3. The lowest BCUT2D eigenvalue weighted by Crippen LogP contribution is -2.39. The van der Waals surface area contributed by atoms with Crippen LogP contribution in [-0.2, 0) is 25.2 Å². The van der Waals surface area contributed by atoms with Crippen molar-refractivity contribution in [2.75, 3.05) is 13.1 Å². The quantitative estimate of drug-likeness (QED) is 0.286. The van der Waals surface area contributed by atoms with Gasteiger partial charge in [0.2, 0.25) is 0 Å². The van der Waals surface area contributed by atoms with E-state index in [1.807, 2.05) is 31.2 Å². The van der Waals surface area contributed by atoms with Gasteiger partial charge in [0.15, 0.2) is 11.7 Å². The number of aliphatic hydroxyl groups excluding tert-OH is 1. The number of alkyl halides is 3. The maximum absolute atomic E-state index is 13.1. The second-order valence-corrected chi connectivity index (χ2v) is 8.14. The molecule has 1 atom stereocenters. The molecule has 31 heavy (non-hydrogen) atoms. The number of benzene rings is 1. The molecule has 10 heteroatoms. The van der Waals surface area contributed by atoms with E-state index in [0.29, 0.717) is 12.5 Å². The monoisotopic (exact) mass is 553 g/mol. The Labute approximate surface area is 198 Å². The smallest absolute Gasteiger partial charge is 0.387 e. The molecule has 0 radical (unpaired) electrons.